The van der Waals surface area contributed by atoms with E-state index >= 15 is 0 Å². The van der Waals surface area contributed by atoms with Gasteiger partial charge in [-0.1, -0.05) is 12.1 Å². The van der Waals surface area contributed by atoms with Gasteiger partial charge in [-0.2, -0.15) is 0 Å². The van der Waals surface area contributed by atoms with Crippen LogP contribution in [0, 0.1) is 0 Å². The number of aromatic nitrogens is 2. The van der Waals surface area contributed by atoms with Crippen LogP contribution in [0.1, 0.15) is 30.8 Å². The van der Waals surface area contributed by atoms with Crippen molar-refractivity contribution in [1.29, 1.82) is 0 Å². The molecule has 0 aliphatic rings. The number of halogens is 2. The Kier molecular flexibility index (Phi) is 2.89. The number of nitrogens with one attached hydrogen (secondary N) is 1. The molecule has 6 heteroatoms. The molecule has 1 heterocycles. The lowest BCUT2D eigenvalue weighted by Crippen LogP contribution is -2.18. The van der Waals surface area contributed by atoms with Crippen LogP contribution in [-0.4, -0.2) is 9.97 Å². The quantitative estimate of drug-likeness (QED) is 0.840. The van der Waals surface area contributed by atoms with E-state index in [0.29, 0.717) is 0 Å². The molecule has 90 valence electrons. The Labute approximate surface area is 95.5 Å². The minimum atomic E-state index is -2.71. The maximum absolute atomic E-state index is 12.7. The minimum Gasteiger partial charge on any atom is -0.322 e. The molecule has 0 radical (unpaired) electrons. The molecule has 0 amide bonds. The minimum absolute atomic E-state index is 0.0769. The SMILES string of the molecule is CC(N)c1nc2cccc(C(F)F)c2c(=O)[nH]1. The zero-order chi connectivity index (χ0) is 12.6. The van der Waals surface area contributed by atoms with Gasteiger partial charge in [0.05, 0.1) is 16.9 Å². The molecule has 4 nitrogen and oxygen atoms in total. The van der Waals surface area contributed by atoms with Gasteiger partial charge in [-0.05, 0) is 13.0 Å². The van der Waals surface area contributed by atoms with Crippen LogP contribution in [0.2, 0.25) is 0 Å². The molecule has 1 atom stereocenters. The smallest absolute Gasteiger partial charge is 0.264 e. The van der Waals surface area contributed by atoms with Crippen LogP contribution in [-0.2, 0) is 0 Å². The lowest BCUT2D eigenvalue weighted by atomic mass is 10.1. The summed E-state index contributed by atoms with van der Waals surface area (Å²) in [4.78, 5) is 18.2. The summed E-state index contributed by atoms with van der Waals surface area (Å²) < 4.78 is 25.5. The van der Waals surface area contributed by atoms with E-state index in [-0.39, 0.29) is 22.3 Å². The molecule has 1 aromatic heterocycles. The lowest BCUT2D eigenvalue weighted by molar-refractivity contribution is 0.153. The third-order valence-electron chi connectivity index (χ3n) is 2.45. The summed E-state index contributed by atoms with van der Waals surface area (Å²) in [6, 6.07) is 3.72. The summed E-state index contributed by atoms with van der Waals surface area (Å²) in [7, 11) is 0. The largest absolute Gasteiger partial charge is 0.322 e. The van der Waals surface area contributed by atoms with Gasteiger partial charge in [-0.25, -0.2) is 13.8 Å². The number of aromatic amines is 1. The molecule has 1 aromatic carbocycles. The molecule has 0 saturated heterocycles. The van der Waals surface area contributed by atoms with Crippen LogP contribution < -0.4 is 11.3 Å². The van der Waals surface area contributed by atoms with E-state index in [4.69, 9.17) is 5.73 Å². The molecule has 0 aliphatic heterocycles. The van der Waals surface area contributed by atoms with Gasteiger partial charge in [0.1, 0.15) is 5.82 Å². The molecule has 0 bridgehead atoms. The summed E-state index contributed by atoms with van der Waals surface area (Å²) >= 11 is 0. The van der Waals surface area contributed by atoms with E-state index in [1.807, 2.05) is 0 Å². The van der Waals surface area contributed by atoms with Gasteiger partial charge in [-0.15, -0.1) is 0 Å². The van der Waals surface area contributed by atoms with Gasteiger partial charge in [0, 0.05) is 5.56 Å². The van der Waals surface area contributed by atoms with E-state index in [2.05, 4.69) is 9.97 Å². The number of benzene rings is 1. The number of nitrogens with two attached hydrogens (primary N) is 1. The van der Waals surface area contributed by atoms with Crippen LogP contribution in [0.25, 0.3) is 10.9 Å². The van der Waals surface area contributed by atoms with Crippen molar-refractivity contribution in [2.45, 2.75) is 19.4 Å². The molecule has 0 spiro atoms. The number of H-pyrrole nitrogens is 1. The van der Waals surface area contributed by atoms with Crippen molar-refractivity contribution in [1.82, 2.24) is 9.97 Å². The normalized spacial score (nSPS) is 13.2. The fourth-order valence-corrected chi connectivity index (χ4v) is 1.63. The Morgan fingerprint density at radius 2 is 2.12 bits per heavy atom. The third kappa shape index (κ3) is 2.03. The molecule has 0 fully saturated rings. The second-order valence-corrected chi connectivity index (χ2v) is 3.78. The summed E-state index contributed by atoms with van der Waals surface area (Å²) in [5, 5.41) is -0.0769. The molecule has 3 N–H and O–H groups in total. The average molecular weight is 239 g/mol. The van der Waals surface area contributed by atoms with Crippen molar-refractivity contribution < 1.29 is 8.78 Å². The average Bonchev–Trinajstić information content (AvgIpc) is 2.27. The van der Waals surface area contributed by atoms with Gasteiger partial charge in [0.2, 0.25) is 0 Å². The fourth-order valence-electron chi connectivity index (χ4n) is 1.63. The van der Waals surface area contributed by atoms with E-state index in [1.165, 1.54) is 18.2 Å². The molecule has 0 saturated carbocycles. The van der Waals surface area contributed by atoms with Gasteiger partial charge in [0.15, 0.2) is 0 Å². The number of rotatable bonds is 2. The second-order valence-electron chi connectivity index (χ2n) is 3.78. The number of fused-ring (bicyclic) bond motifs is 1. The molecule has 2 rings (SSSR count). The zero-order valence-electron chi connectivity index (χ0n) is 9.08. The van der Waals surface area contributed by atoms with Crippen LogP contribution in [0.15, 0.2) is 23.0 Å². The summed E-state index contributed by atoms with van der Waals surface area (Å²) in [5.41, 5.74) is 4.93. The van der Waals surface area contributed by atoms with E-state index in [9.17, 15) is 13.6 Å². The van der Waals surface area contributed by atoms with E-state index in [0.717, 1.165) is 0 Å². The molecule has 0 aliphatic carbocycles. The first-order chi connectivity index (χ1) is 8.00. The first-order valence-electron chi connectivity index (χ1n) is 5.07. The number of hydrogen-bond donors (Lipinski definition) is 2. The van der Waals surface area contributed by atoms with Crippen LogP contribution >= 0.6 is 0 Å². The first kappa shape index (κ1) is 11.7. The highest BCUT2D eigenvalue weighted by Crippen LogP contribution is 2.24. The Morgan fingerprint density at radius 3 is 2.71 bits per heavy atom. The summed E-state index contributed by atoms with van der Waals surface area (Å²) in [5.74, 6) is 0.286. The monoisotopic (exact) mass is 239 g/mol. The van der Waals surface area contributed by atoms with Crippen molar-refractivity contribution in [3.05, 3.63) is 39.9 Å². The van der Waals surface area contributed by atoms with Gasteiger partial charge < -0.3 is 10.7 Å². The molecule has 17 heavy (non-hydrogen) atoms. The summed E-state index contributed by atoms with van der Waals surface area (Å²) in [6.45, 7) is 1.65. The standard InChI is InChI=1S/C11H11F2N3O/c1-5(14)10-15-7-4-2-3-6(9(12)13)8(7)11(17)16-10/h2-5,9H,14H2,1H3,(H,15,16,17). The fraction of sp³-hybridized carbons (Fsp3) is 0.273. The van der Waals surface area contributed by atoms with Crippen molar-refractivity contribution in [2.75, 3.05) is 0 Å². The van der Waals surface area contributed by atoms with Gasteiger partial charge in [-0.3, -0.25) is 4.79 Å². The first-order valence-corrected chi connectivity index (χ1v) is 5.07. The maximum Gasteiger partial charge on any atom is 0.264 e. The maximum atomic E-state index is 12.7. The van der Waals surface area contributed by atoms with Crippen molar-refractivity contribution in [3.8, 4) is 0 Å². The third-order valence-corrected chi connectivity index (χ3v) is 2.45. The Bertz CT molecular complexity index is 607. The molecular formula is C11H11F2N3O. The highest BCUT2D eigenvalue weighted by Gasteiger charge is 2.16. The van der Waals surface area contributed by atoms with Crippen LogP contribution in [0.4, 0.5) is 8.78 Å². The van der Waals surface area contributed by atoms with Crippen molar-refractivity contribution >= 4 is 10.9 Å². The highest BCUT2D eigenvalue weighted by atomic mass is 19.3. The number of hydrogen-bond acceptors (Lipinski definition) is 3. The predicted octanol–water partition coefficient (Wildman–Crippen LogP) is 1.88. The Hall–Kier alpha value is -1.82. The number of nitrogens with zero attached hydrogens (tertiary/aromatic N) is 1. The zero-order valence-corrected chi connectivity index (χ0v) is 9.08. The molecule has 2 aromatic rings. The van der Waals surface area contributed by atoms with Crippen molar-refractivity contribution in [3.63, 3.8) is 0 Å². The highest BCUT2D eigenvalue weighted by molar-refractivity contribution is 5.81. The second kappa shape index (κ2) is 4.21. The Balaban J connectivity index is 2.81. The Morgan fingerprint density at radius 1 is 1.41 bits per heavy atom. The van der Waals surface area contributed by atoms with Crippen LogP contribution in [0.3, 0.4) is 0 Å². The molecular weight excluding hydrogens is 228 g/mol. The van der Waals surface area contributed by atoms with Gasteiger partial charge >= 0.3 is 0 Å². The van der Waals surface area contributed by atoms with E-state index in [1.54, 1.807) is 6.92 Å². The number of alkyl halides is 2. The predicted molar refractivity (Wildman–Crippen MR) is 59.9 cm³/mol. The van der Waals surface area contributed by atoms with Gasteiger partial charge in [0.25, 0.3) is 12.0 Å². The van der Waals surface area contributed by atoms with Crippen molar-refractivity contribution in [2.24, 2.45) is 5.73 Å². The lowest BCUT2D eigenvalue weighted by Gasteiger charge is -2.08. The molecule has 1 unspecified atom stereocenters. The van der Waals surface area contributed by atoms with Crippen LogP contribution in [0.5, 0.6) is 0 Å². The van der Waals surface area contributed by atoms with E-state index < -0.39 is 18.0 Å². The summed E-state index contributed by atoms with van der Waals surface area (Å²) in [6.07, 6.45) is -2.71. The topological polar surface area (TPSA) is 71.8 Å².